The first kappa shape index (κ1) is 31.0. The summed E-state index contributed by atoms with van der Waals surface area (Å²) in [5.74, 6) is 0.0350. The number of piperidine rings is 1. The molecule has 0 saturated carbocycles. The fourth-order valence-corrected chi connectivity index (χ4v) is 8.19. The number of aromatic nitrogens is 1. The van der Waals surface area contributed by atoms with Crippen LogP contribution in [0.15, 0.2) is 78.9 Å². The molecule has 5 aromatic rings. The zero-order chi connectivity index (χ0) is 32.7. The van der Waals surface area contributed by atoms with Gasteiger partial charge in [0.2, 0.25) is 5.91 Å². The smallest absolute Gasteiger partial charge is 0.345 e. The van der Waals surface area contributed by atoms with Crippen molar-refractivity contribution in [1.82, 2.24) is 9.47 Å². The fraction of sp³-hybridized carbons (Fsp3) is 0.316. The lowest BCUT2D eigenvalue weighted by Gasteiger charge is -2.37. The van der Waals surface area contributed by atoms with Crippen LogP contribution in [0.2, 0.25) is 0 Å². The molecule has 0 spiro atoms. The molecule has 4 heterocycles. The van der Waals surface area contributed by atoms with Crippen molar-refractivity contribution in [2.45, 2.75) is 38.3 Å². The lowest BCUT2D eigenvalue weighted by Crippen LogP contribution is -2.42. The number of hydrogen-bond donors (Lipinski definition) is 1. The van der Waals surface area contributed by atoms with Gasteiger partial charge in [0.15, 0.2) is 0 Å². The lowest BCUT2D eigenvalue weighted by molar-refractivity contribution is -0.117. The Hall–Kier alpha value is -4.60. The number of fused-ring (bicyclic) bond motifs is 1. The summed E-state index contributed by atoms with van der Waals surface area (Å²) in [7, 11) is 6.31. The van der Waals surface area contributed by atoms with Gasteiger partial charge >= 0.3 is 5.97 Å². The minimum atomic E-state index is -0.910. The summed E-state index contributed by atoms with van der Waals surface area (Å²) in [5.41, 5.74) is 8.24. The first-order chi connectivity index (χ1) is 22.8. The number of aryl methyl sites for hydroxylation is 1. The summed E-state index contributed by atoms with van der Waals surface area (Å²) in [6, 6.07) is 27.0. The molecular formula is C38H40N4O4S. The molecule has 0 bridgehead atoms. The molecule has 47 heavy (non-hydrogen) atoms. The summed E-state index contributed by atoms with van der Waals surface area (Å²) in [4.78, 5) is 31.4. The highest BCUT2D eigenvalue weighted by Crippen LogP contribution is 2.44. The maximum Gasteiger partial charge on any atom is 0.345 e. The Morgan fingerprint density at radius 2 is 1.70 bits per heavy atom. The predicted molar refractivity (Wildman–Crippen MR) is 190 cm³/mol. The number of aromatic carboxylic acids is 1. The van der Waals surface area contributed by atoms with E-state index in [1.54, 1.807) is 6.07 Å². The summed E-state index contributed by atoms with van der Waals surface area (Å²) in [6.07, 6.45) is 3.72. The number of hydrogen-bond acceptors (Lipinski definition) is 6. The standard InChI is InChI=1S/C38H40N4O4S/c1-39(2)28-17-20-41(21-18-28)31-16-13-29(42-19-7-10-34(42)43)22-27(31)24-46-30-14-11-26(12-15-30)36-35(25-8-5-4-6-9-25)37-32(40(36)3)23-33(47-37)38(44)45/h4-6,8-9,11-16,22-23,28H,7,10,17-21,24H2,1-3H3,(H,44,45). The van der Waals surface area contributed by atoms with Gasteiger partial charge in [-0.3, -0.25) is 4.79 Å². The molecule has 1 N–H and O–H groups in total. The average molecular weight is 649 g/mol. The topological polar surface area (TPSA) is 78.2 Å². The second-order valence-corrected chi connectivity index (χ2v) is 13.8. The molecule has 0 aliphatic carbocycles. The highest BCUT2D eigenvalue weighted by Gasteiger charge is 2.26. The van der Waals surface area contributed by atoms with E-state index in [-0.39, 0.29) is 5.91 Å². The Balaban J connectivity index is 1.17. The minimum Gasteiger partial charge on any atom is -0.489 e. The number of carbonyl (C=O) groups excluding carboxylic acids is 1. The van der Waals surface area contributed by atoms with Crippen LogP contribution >= 0.6 is 11.3 Å². The van der Waals surface area contributed by atoms with Crippen LogP contribution in [0.1, 0.15) is 40.9 Å². The predicted octanol–water partition coefficient (Wildman–Crippen LogP) is 7.51. The lowest BCUT2D eigenvalue weighted by atomic mass is 10.0. The number of carboxylic acid groups (broad SMARTS) is 1. The van der Waals surface area contributed by atoms with Crippen molar-refractivity contribution in [2.75, 3.05) is 43.5 Å². The molecule has 8 nitrogen and oxygen atoms in total. The van der Waals surface area contributed by atoms with Crippen molar-refractivity contribution >= 4 is 44.8 Å². The summed E-state index contributed by atoms with van der Waals surface area (Å²) < 4.78 is 9.49. The van der Waals surface area contributed by atoms with Gasteiger partial charge in [0, 0.05) is 61.6 Å². The molecule has 0 radical (unpaired) electrons. The number of rotatable bonds is 9. The zero-order valence-electron chi connectivity index (χ0n) is 27.1. The number of anilines is 2. The second kappa shape index (κ2) is 12.9. The monoisotopic (exact) mass is 648 g/mol. The number of carbonyl (C=O) groups is 2. The molecule has 7 rings (SSSR count). The van der Waals surface area contributed by atoms with Crippen molar-refractivity contribution in [3.8, 4) is 28.1 Å². The van der Waals surface area contributed by atoms with Crippen LogP contribution in [0.5, 0.6) is 5.75 Å². The van der Waals surface area contributed by atoms with E-state index in [4.69, 9.17) is 4.74 Å². The third-order valence-corrected chi connectivity index (χ3v) is 10.8. The normalized spacial score (nSPS) is 15.7. The molecule has 2 saturated heterocycles. The Bertz CT molecular complexity index is 1920. The zero-order valence-corrected chi connectivity index (χ0v) is 27.9. The maximum absolute atomic E-state index is 12.6. The molecule has 2 fully saturated rings. The van der Waals surface area contributed by atoms with Gasteiger partial charge in [-0.25, -0.2) is 4.79 Å². The van der Waals surface area contributed by atoms with Gasteiger partial charge < -0.3 is 29.1 Å². The molecule has 2 aromatic heterocycles. The van der Waals surface area contributed by atoms with E-state index >= 15 is 0 Å². The number of benzene rings is 3. The maximum atomic E-state index is 12.6. The quantitative estimate of drug-likeness (QED) is 0.178. The average Bonchev–Trinajstić information content (AvgIpc) is 3.79. The summed E-state index contributed by atoms with van der Waals surface area (Å²) in [6.45, 7) is 3.12. The van der Waals surface area contributed by atoms with Gasteiger partial charge in [0.05, 0.1) is 15.9 Å². The molecule has 0 atom stereocenters. The van der Waals surface area contributed by atoms with Crippen LogP contribution in [0, 0.1) is 0 Å². The van der Waals surface area contributed by atoms with E-state index in [1.165, 1.54) is 17.0 Å². The van der Waals surface area contributed by atoms with Gasteiger partial charge in [-0.1, -0.05) is 30.3 Å². The van der Waals surface area contributed by atoms with E-state index in [1.807, 2.05) is 42.3 Å². The molecule has 0 unspecified atom stereocenters. The first-order valence-corrected chi connectivity index (χ1v) is 17.1. The molecule has 1 amide bonds. The van der Waals surface area contributed by atoms with Crippen LogP contribution in [-0.4, -0.2) is 66.2 Å². The Labute approximate surface area is 279 Å². The van der Waals surface area contributed by atoms with Crippen LogP contribution < -0.4 is 14.5 Å². The third-order valence-electron chi connectivity index (χ3n) is 9.65. The van der Waals surface area contributed by atoms with E-state index in [2.05, 4.69) is 70.9 Å². The highest BCUT2D eigenvalue weighted by molar-refractivity contribution is 7.21. The van der Waals surface area contributed by atoms with Gasteiger partial charge in [-0.2, -0.15) is 0 Å². The number of thiophene rings is 1. The molecule has 242 valence electrons. The highest BCUT2D eigenvalue weighted by atomic mass is 32.1. The summed E-state index contributed by atoms with van der Waals surface area (Å²) in [5, 5.41) is 9.68. The van der Waals surface area contributed by atoms with Crippen molar-refractivity contribution in [1.29, 1.82) is 0 Å². The Kier molecular flexibility index (Phi) is 8.51. The fourth-order valence-electron chi connectivity index (χ4n) is 7.10. The van der Waals surface area contributed by atoms with Crippen molar-refractivity contribution in [3.63, 3.8) is 0 Å². The molecule has 2 aliphatic rings. The Morgan fingerprint density at radius 3 is 2.36 bits per heavy atom. The van der Waals surface area contributed by atoms with E-state index < -0.39 is 5.97 Å². The van der Waals surface area contributed by atoms with E-state index in [0.29, 0.717) is 23.9 Å². The van der Waals surface area contributed by atoms with Crippen molar-refractivity contribution in [2.24, 2.45) is 7.05 Å². The third kappa shape index (κ3) is 6.01. The number of ether oxygens (including phenoxy) is 1. The summed E-state index contributed by atoms with van der Waals surface area (Å²) >= 11 is 1.31. The van der Waals surface area contributed by atoms with Crippen molar-refractivity contribution in [3.05, 3.63) is 89.3 Å². The second-order valence-electron chi connectivity index (χ2n) is 12.7. The van der Waals surface area contributed by atoms with Gasteiger partial charge in [0.1, 0.15) is 17.2 Å². The number of nitrogens with zero attached hydrogens (tertiary/aromatic N) is 4. The molecule has 9 heteroatoms. The number of amides is 1. The van der Waals surface area contributed by atoms with Crippen LogP contribution in [0.3, 0.4) is 0 Å². The molecule has 2 aliphatic heterocycles. The van der Waals surface area contributed by atoms with Crippen LogP contribution in [0.4, 0.5) is 11.4 Å². The molecular weight excluding hydrogens is 609 g/mol. The van der Waals surface area contributed by atoms with Crippen molar-refractivity contribution < 1.29 is 19.4 Å². The Morgan fingerprint density at radius 1 is 0.957 bits per heavy atom. The van der Waals surface area contributed by atoms with Crippen LogP contribution in [0.25, 0.3) is 32.6 Å². The van der Waals surface area contributed by atoms with E-state index in [9.17, 15) is 14.7 Å². The van der Waals surface area contributed by atoms with Gasteiger partial charge in [-0.05, 0) is 93.0 Å². The van der Waals surface area contributed by atoms with E-state index in [0.717, 1.165) is 88.5 Å². The molecule has 3 aromatic carbocycles. The van der Waals surface area contributed by atoms with Crippen LogP contribution in [-0.2, 0) is 18.4 Å². The van der Waals surface area contributed by atoms with Gasteiger partial charge in [0.25, 0.3) is 0 Å². The SMILES string of the molecule is CN(C)C1CCN(c2ccc(N3CCCC3=O)cc2COc2ccc(-c3c(-c4ccccc4)c4sc(C(=O)O)cc4n3C)cc2)CC1. The first-order valence-electron chi connectivity index (χ1n) is 16.3. The largest absolute Gasteiger partial charge is 0.489 e. The number of carboxylic acids is 1. The van der Waals surface area contributed by atoms with Gasteiger partial charge in [-0.15, -0.1) is 11.3 Å². The minimum absolute atomic E-state index is 0.182.